The van der Waals surface area contributed by atoms with Crippen LogP contribution in [-0.4, -0.2) is 37.8 Å². The zero-order valence-electron chi connectivity index (χ0n) is 14.8. The summed E-state index contributed by atoms with van der Waals surface area (Å²) < 4.78 is 4.99. The number of nitrogens with one attached hydrogen (secondary N) is 1. The molecular weight excluding hydrogens is 346 g/mol. The molecule has 1 heterocycles. The van der Waals surface area contributed by atoms with Gasteiger partial charge in [0.25, 0.3) is 5.91 Å². The second kappa shape index (κ2) is 8.84. The van der Waals surface area contributed by atoms with Gasteiger partial charge in [0.05, 0.1) is 12.2 Å². The maximum atomic E-state index is 12.2. The molecule has 0 bridgehead atoms. The Morgan fingerprint density at radius 2 is 1.74 bits per heavy atom. The number of anilines is 1. The number of amides is 1. The highest BCUT2D eigenvalue weighted by Gasteiger charge is 2.12. The summed E-state index contributed by atoms with van der Waals surface area (Å²) in [6.07, 6.45) is 3.92. The number of hydrazone groups is 1. The minimum atomic E-state index is -1.28. The van der Waals surface area contributed by atoms with E-state index in [4.69, 9.17) is 4.74 Å². The third kappa shape index (κ3) is 5.31. The number of carbonyl (C=O) groups excluding carboxylic acids is 2. The van der Waals surface area contributed by atoms with Crippen molar-refractivity contribution in [1.82, 2.24) is 5.43 Å². The van der Waals surface area contributed by atoms with Crippen molar-refractivity contribution >= 4 is 23.8 Å². The van der Waals surface area contributed by atoms with E-state index in [1.54, 1.807) is 36.4 Å². The van der Waals surface area contributed by atoms with Crippen molar-refractivity contribution in [3.05, 3.63) is 59.7 Å². The smallest absolute Gasteiger partial charge is 0.271 e. The Kier molecular flexibility index (Phi) is 6.04. The van der Waals surface area contributed by atoms with Gasteiger partial charge in [0.1, 0.15) is 12.4 Å². The Morgan fingerprint density at radius 3 is 2.37 bits per heavy atom. The number of carboxylic acids is 1. The molecule has 0 spiro atoms. The lowest BCUT2D eigenvalue weighted by Gasteiger charge is -2.17. The molecule has 2 aromatic rings. The molecule has 0 aromatic heterocycles. The zero-order valence-corrected chi connectivity index (χ0v) is 14.8. The molecule has 27 heavy (non-hydrogen) atoms. The fourth-order valence-electron chi connectivity index (χ4n) is 2.82. The number of aliphatic carboxylic acids is 1. The summed E-state index contributed by atoms with van der Waals surface area (Å²) in [5.74, 6) is -1.15. The van der Waals surface area contributed by atoms with Crippen molar-refractivity contribution in [1.29, 1.82) is 0 Å². The molecule has 1 aliphatic rings. The van der Waals surface area contributed by atoms with Gasteiger partial charge in [0.2, 0.25) is 0 Å². The van der Waals surface area contributed by atoms with Crippen LogP contribution in [0.3, 0.4) is 0 Å². The van der Waals surface area contributed by atoms with E-state index in [-0.39, 0.29) is 5.91 Å². The number of nitrogens with zero attached hydrogens (tertiary/aromatic N) is 2. The first-order chi connectivity index (χ1) is 13.1. The molecule has 1 N–H and O–H groups in total. The summed E-state index contributed by atoms with van der Waals surface area (Å²) in [5, 5.41) is 14.3. The maximum absolute atomic E-state index is 12.2. The Bertz CT molecular complexity index is 810. The Balaban J connectivity index is 1.51. The molecule has 1 aliphatic heterocycles. The summed E-state index contributed by atoms with van der Waals surface area (Å²) in [4.78, 5) is 24.8. The van der Waals surface area contributed by atoms with Crippen LogP contribution in [0.4, 0.5) is 5.69 Å². The molecular formula is C20H20N3O4-. The Labute approximate surface area is 157 Å². The van der Waals surface area contributed by atoms with Gasteiger partial charge in [-0.05, 0) is 66.9 Å². The minimum absolute atomic E-state index is 0.284. The number of benzene rings is 2. The number of carboxylic acid groups (broad SMARTS) is 1. The van der Waals surface area contributed by atoms with Gasteiger partial charge in [-0.1, -0.05) is 0 Å². The van der Waals surface area contributed by atoms with E-state index < -0.39 is 12.6 Å². The van der Waals surface area contributed by atoms with Gasteiger partial charge in [0.15, 0.2) is 0 Å². The molecule has 3 rings (SSSR count). The molecule has 1 amide bonds. The van der Waals surface area contributed by atoms with Crippen molar-refractivity contribution in [2.45, 2.75) is 12.8 Å². The van der Waals surface area contributed by atoms with Crippen LogP contribution >= 0.6 is 0 Å². The highest BCUT2D eigenvalue weighted by molar-refractivity contribution is 5.95. The first-order valence-electron chi connectivity index (χ1n) is 8.73. The normalized spacial score (nSPS) is 13.7. The lowest BCUT2D eigenvalue weighted by atomic mass is 10.2. The highest BCUT2D eigenvalue weighted by atomic mass is 16.5. The molecule has 2 aromatic carbocycles. The Hall–Kier alpha value is -3.35. The first-order valence-corrected chi connectivity index (χ1v) is 8.73. The maximum Gasteiger partial charge on any atom is 0.271 e. The molecule has 0 unspecified atom stereocenters. The van der Waals surface area contributed by atoms with Gasteiger partial charge in [0, 0.05) is 24.3 Å². The van der Waals surface area contributed by atoms with Crippen molar-refractivity contribution in [3.8, 4) is 5.75 Å². The number of ether oxygens (including phenoxy) is 1. The second-order valence-corrected chi connectivity index (χ2v) is 6.17. The third-order valence-corrected chi connectivity index (χ3v) is 4.22. The molecule has 0 radical (unpaired) electrons. The second-order valence-electron chi connectivity index (χ2n) is 6.17. The molecule has 0 aliphatic carbocycles. The molecule has 0 atom stereocenters. The van der Waals surface area contributed by atoms with Gasteiger partial charge < -0.3 is 19.5 Å². The van der Waals surface area contributed by atoms with E-state index in [9.17, 15) is 14.7 Å². The summed E-state index contributed by atoms with van der Waals surface area (Å²) >= 11 is 0. The molecule has 7 heteroatoms. The molecule has 7 nitrogen and oxygen atoms in total. The lowest BCUT2D eigenvalue weighted by Crippen LogP contribution is -2.28. The number of carbonyl (C=O) groups is 2. The van der Waals surface area contributed by atoms with E-state index in [1.165, 1.54) is 19.1 Å². The van der Waals surface area contributed by atoms with E-state index in [0.29, 0.717) is 11.3 Å². The summed E-state index contributed by atoms with van der Waals surface area (Å²) in [5.41, 5.74) is 4.90. The zero-order chi connectivity index (χ0) is 19.1. The molecule has 0 saturated carbocycles. The van der Waals surface area contributed by atoms with Crippen molar-refractivity contribution in [2.24, 2.45) is 5.10 Å². The van der Waals surface area contributed by atoms with E-state index in [1.807, 2.05) is 12.1 Å². The summed E-state index contributed by atoms with van der Waals surface area (Å²) in [7, 11) is 0. The summed E-state index contributed by atoms with van der Waals surface area (Å²) in [6.45, 7) is 1.62. The van der Waals surface area contributed by atoms with Crippen LogP contribution in [0.1, 0.15) is 28.8 Å². The van der Waals surface area contributed by atoms with Crippen LogP contribution in [0, 0.1) is 0 Å². The quantitative estimate of drug-likeness (QED) is 0.587. The van der Waals surface area contributed by atoms with Crippen LogP contribution in [0.25, 0.3) is 0 Å². The van der Waals surface area contributed by atoms with Crippen LogP contribution in [0.5, 0.6) is 5.75 Å². The third-order valence-electron chi connectivity index (χ3n) is 4.22. The molecule has 1 saturated heterocycles. The standard InChI is InChI=1S/C20H21N3O4/c24-19(25)14-27-18-9-3-15(4-10-18)13-21-22-20(26)16-5-7-17(8-6-16)23-11-1-2-12-23/h3-10,13H,1-2,11-12,14H2,(H,22,26)(H,24,25)/p-1/b21-13-. The molecule has 1 fully saturated rings. The predicted octanol–water partition coefficient (Wildman–Crippen LogP) is 1.18. The summed E-state index contributed by atoms with van der Waals surface area (Å²) in [6, 6.07) is 14.1. The van der Waals surface area contributed by atoms with E-state index in [2.05, 4.69) is 15.4 Å². The van der Waals surface area contributed by atoms with E-state index >= 15 is 0 Å². The van der Waals surface area contributed by atoms with Gasteiger partial charge >= 0.3 is 0 Å². The van der Waals surface area contributed by atoms with Crippen LogP contribution in [-0.2, 0) is 4.79 Å². The van der Waals surface area contributed by atoms with Gasteiger partial charge in [-0.15, -0.1) is 0 Å². The Morgan fingerprint density at radius 1 is 1.07 bits per heavy atom. The fourth-order valence-corrected chi connectivity index (χ4v) is 2.82. The van der Waals surface area contributed by atoms with Crippen molar-refractivity contribution in [3.63, 3.8) is 0 Å². The van der Waals surface area contributed by atoms with Gasteiger partial charge in [-0.25, -0.2) is 5.43 Å². The lowest BCUT2D eigenvalue weighted by molar-refractivity contribution is -0.307. The van der Waals surface area contributed by atoms with Gasteiger partial charge in [-0.3, -0.25) is 4.79 Å². The average molecular weight is 366 g/mol. The SMILES string of the molecule is O=C([O-])COc1ccc(/C=N\NC(=O)c2ccc(N3CCCC3)cc2)cc1. The van der Waals surface area contributed by atoms with Crippen LogP contribution in [0.2, 0.25) is 0 Å². The fraction of sp³-hybridized carbons (Fsp3) is 0.250. The van der Waals surface area contributed by atoms with Crippen LogP contribution in [0.15, 0.2) is 53.6 Å². The number of hydrogen-bond acceptors (Lipinski definition) is 6. The predicted molar refractivity (Wildman–Crippen MR) is 99.9 cm³/mol. The molecule has 140 valence electrons. The minimum Gasteiger partial charge on any atom is -0.546 e. The first kappa shape index (κ1) is 18.4. The highest BCUT2D eigenvalue weighted by Crippen LogP contribution is 2.20. The number of hydrogen-bond donors (Lipinski definition) is 1. The largest absolute Gasteiger partial charge is 0.546 e. The van der Waals surface area contributed by atoms with E-state index in [0.717, 1.165) is 24.3 Å². The van der Waals surface area contributed by atoms with Crippen molar-refractivity contribution in [2.75, 3.05) is 24.6 Å². The topological polar surface area (TPSA) is 94.1 Å². The van der Waals surface area contributed by atoms with Crippen molar-refractivity contribution < 1.29 is 19.4 Å². The number of rotatable bonds is 7. The van der Waals surface area contributed by atoms with Crippen LogP contribution < -0.4 is 20.2 Å². The average Bonchev–Trinajstić information content (AvgIpc) is 3.22. The van der Waals surface area contributed by atoms with Gasteiger partial charge in [-0.2, -0.15) is 5.10 Å². The monoisotopic (exact) mass is 366 g/mol.